The smallest absolute Gasteiger partial charge is 0.204 e. The van der Waals surface area contributed by atoms with Crippen LogP contribution in [-0.4, -0.2) is 56.2 Å². The number of aromatic nitrogens is 2. The van der Waals surface area contributed by atoms with Crippen LogP contribution < -0.4 is 15.4 Å². The quantitative estimate of drug-likeness (QED) is 0.781. The maximum atomic E-state index is 5.35. The molecule has 0 aliphatic heterocycles. The first-order valence-corrected chi connectivity index (χ1v) is 6.35. The number of anilines is 2. The summed E-state index contributed by atoms with van der Waals surface area (Å²) in [6, 6.07) is 0. The van der Waals surface area contributed by atoms with Crippen molar-refractivity contribution < 1.29 is 4.74 Å². The lowest BCUT2D eigenvalue weighted by Gasteiger charge is -2.29. The van der Waals surface area contributed by atoms with Crippen LogP contribution in [0.3, 0.4) is 0 Å². The number of methoxy groups -OCH3 is 1. The second kappa shape index (κ2) is 6.56. The molecule has 0 unspecified atom stereocenters. The molecule has 0 atom stereocenters. The fourth-order valence-electron chi connectivity index (χ4n) is 2.11. The lowest BCUT2D eigenvalue weighted by molar-refractivity contribution is 0.254. The van der Waals surface area contributed by atoms with Crippen LogP contribution in [0.4, 0.5) is 11.6 Å². The van der Waals surface area contributed by atoms with Gasteiger partial charge in [-0.15, -0.1) is 0 Å². The number of nitrogens with one attached hydrogen (secondary N) is 2. The maximum absolute atomic E-state index is 5.35. The third kappa shape index (κ3) is 4.55. The van der Waals surface area contributed by atoms with Crippen molar-refractivity contribution in [2.45, 2.75) is 13.8 Å². The van der Waals surface area contributed by atoms with E-state index in [1.54, 1.807) is 7.11 Å². The van der Waals surface area contributed by atoms with E-state index in [1.807, 2.05) is 7.05 Å². The van der Waals surface area contributed by atoms with E-state index in [-0.39, 0.29) is 5.41 Å². The Balaban J connectivity index is 2.77. The summed E-state index contributed by atoms with van der Waals surface area (Å²) in [6.45, 7) is 6.23. The highest BCUT2D eigenvalue weighted by Crippen LogP contribution is 2.29. The molecule has 0 radical (unpaired) electrons. The Hall–Kier alpha value is -1.56. The van der Waals surface area contributed by atoms with Crippen molar-refractivity contribution in [3.05, 3.63) is 6.33 Å². The average molecular weight is 267 g/mol. The molecule has 1 rings (SSSR count). The second-order valence-corrected chi connectivity index (χ2v) is 5.61. The summed E-state index contributed by atoms with van der Waals surface area (Å²) in [5, 5.41) is 6.33. The third-order valence-corrected chi connectivity index (χ3v) is 2.72. The Morgan fingerprint density at radius 2 is 1.89 bits per heavy atom. The van der Waals surface area contributed by atoms with Gasteiger partial charge in [-0.05, 0) is 19.5 Å². The minimum Gasteiger partial charge on any atom is -0.490 e. The molecule has 0 fully saturated rings. The standard InChI is InChI=1S/C13H25N5O/c1-13(2,8-18(4)5)7-15-12-10(19-6)11(14-3)16-9-17-12/h9H,7-8H2,1-6H3,(H2,14,15,16,17). The van der Waals surface area contributed by atoms with Gasteiger partial charge in [0.05, 0.1) is 7.11 Å². The van der Waals surface area contributed by atoms with Gasteiger partial charge in [-0.3, -0.25) is 0 Å². The van der Waals surface area contributed by atoms with Crippen molar-refractivity contribution in [1.82, 2.24) is 14.9 Å². The zero-order valence-corrected chi connectivity index (χ0v) is 12.7. The number of hydrogen-bond donors (Lipinski definition) is 2. The predicted molar refractivity (Wildman–Crippen MR) is 79.0 cm³/mol. The highest BCUT2D eigenvalue weighted by Gasteiger charge is 2.20. The first kappa shape index (κ1) is 15.5. The van der Waals surface area contributed by atoms with Gasteiger partial charge in [-0.25, -0.2) is 9.97 Å². The maximum Gasteiger partial charge on any atom is 0.204 e. The zero-order valence-electron chi connectivity index (χ0n) is 12.7. The molecule has 6 heteroatoms. The molecule has 0 bridgehead atoms. The minimum absolute atomic E-state index is 0.138. The van der Waals surface area contributed by atoms with Crippen molar-refractivity contribution in [2.75, 3.05) is 52.0 Å². The van der Waals surface area contributed by atoms with Crippen molar-refractivity contribution in [2.24, 2.45) is 5.41 Å². The predicted octanol–water partition coefficient (Wildman–Crippen LogP) is 1.53. The van der Waals surface area contributed by atoms with Gasteiger partial charge in [-0.1, -0.05) is 13.8 Å². The molecule has 0 saturated carbocycles. The first-order chi connectivity index (χ1) is 8.89. The van der Waals surface area contributed by atoms with Crippen LogP contribution in [-0.2, 0) is 0 Å². The second-order valence-electron chi connectivity index (χ2n) is 5.61. The SMILES string of the molecule is CNc1ncnc(NCC(C)(C)CN(C)C)c1OC. The largest absolute Gasteiger partial charge is 0.490 e. The molecule has 6 nitrogen and oxygen atoms in total. The van der Waals surface area contributed by atoms with Gasteiger partial charge in [-0.2, -0.15) is 0 Å². The van der Waals surface area contributed by atoms with E-state index in [1.165, 1.54) is 6.33 Å². The molecule has 2 N–H and O–H groups in total. The fourth-order valence-corrected chi connectivity index (χ4v) is 2.11. The van der Waals surface area contributed by atoms with Crippen LogP contribution in [0.5, 0.6) is 5.75 Å². The van der Waals surface area contributed by atoms with E-state index >= 15 is 0 Å². The van der Waals surface area contributed by atoms with Gasteiger partial charge in [0.25, 0.3) is 0 Å². The highest BCUT2D eigenvalue weighted by molar-refractivity contribution is 5.63. The van der Waals surface area contributed by atoms with E-state index in [4.69, 9.17) is 4.74 Å². The zero-order chi connectivity index (χ0) is 14.5. The van der Waals surface area contributed by atoms with Crippen molar-refractivity contribution in [3.8, 4) is 5.75 Å². The molecule has 0 aromatic carbocycles. The topological polar surface area (TPSA) is 62.3 Å². The van der Waals surface area contributed by atoms with Crippen LogP contribution in [0.15, 0.2) is 6.33 Å². The summed E-state index contributed by atoms with van der Waals surface area (Å²) in [5.74, 6) is 2.05. The van der Waals surface area contributed by atoms with Crippen LogP contribution in [0.25, 0.3) is 0 Å². The highest BCUT2D eigenvalue weighted by atomic mass is 16.5. The minimum atomic E-state index is 0.138. The summed E-state index contributed by atoms with van der Waals surface area (Å²) in [4.78, 5) is 10.5. The number of ether oxygens (including phenoxy) is 1. The normalized spacial score (nSPS) is 11.5. The third-order valence-electron chi connectivity index (χ3n) is 2.72. The summed E-state index contributed by atoms with van der Waals surface area (Å²) in [5.41, 5.74) is 0.138. The number of hydrogen-bond acceptors (Lipinski definition) is 6. The Morgan fingerprint density at radius 3 is 2.42 bits per heavy atom. The molecule has 0 amide bonds. The fraction of sp³-hybridized carbons (Fsp3) is 0.692. The molecule has 0 aliphatic carbocycles. The van der Waals surface area contributed by atoms with E-state index in [0.29, 0.717) is 17.4 Å². The van der Waals surface area contributed by atoms with Crippen LogP contribution in [0.1, 0.15) is 13.8 Å². The number of rotatable bonds is 7. The van der Waals surface area contributed by atoms with Crippen LogP contribution >= 0.6 is 0 Å². The molecule has 108 valence electrons. The van der Waals surface area contributed by atoms with E-state index < -0.39 is 0 Å². The Morgan fingerprint density at radius 1 is 1.26 bits per heavy atom. The number of nitrogens with zero attached hydrogens (tertiary/aromatic N) is 3. The summed E-state index contributed by atoms with van der Waals surface area (Å²) < 4.78 is 5.35. The van der Waals surface area contributed by atoms with Crippen molar-refractivity contribution in [3.63, 3.8) is 0 Å². The lowest BCUT2D eigenvalue weighted by Crippen LogP contribution is -2.34. The summed E-state index contributed by atoms with van der Waals surface area (Å²) in [6.07, 6.45) is 1.52. The molecule has 0 saturated heterocycles. The monoisotopic (exact) mass is 267 g/mol. The molecule has 0 aliphatic rings. The Labute approximate surface area is 115 Å². The Bertz CT molecular complexity index is 406. The van der Waals surface area contributed by atoms with Gasteiger partial charge in [0.1, 0.15) is 6.33 Å². The Kier molecular flexibility index (Phi) is 5.35. The van der Waals surface area contributed by atoms with E-state index in [9.17, 15) is 0 Å². The molecule has 1 heterocycles. The molecule has 0 spiro atoms. The first-order valence-electron chi connectivity index (χ1n) is 6.35. The van der Waals surface area contributed by atoms with Crippen molar-refractivity contribution in [1.29, 1.82) is 0 Å². The van der Waals surface area contributed by atoms with Gasteiger partial charge in [0, 0.05) is 20.1 Å². The van der Waals surface area contributed by atoms with Crippen molar-refractivity contribution >= 4 is 11.6 Å². The van der Waals surface area contributed by atoms with E-state index in [0.717, 1.165) is 13.1 Å². The van der Waals surface area contributed by atoms with Gasteiger partial charge < -0.3 is 20.3 Å². The van der Waals surface area contributed by atoms with Crippen LogP contribution in [0, 0.1) is 5.41 Å². The average Bonchev–Trinajstić information content (AvgIpc) is 2.34. The summed E-state index contributed by atoms with van der Waals surface area (Å²) >= 11 is 0. The van der Waals surface area contributed by atoms with Gasteiger partial charge in [0.2, 0.25) is 5.75 Å². The van der Waals surface area contributed by atoms with Gasteiger partial charge in [0.15, 0.2) is 11.6 Å². The molecule has 19 heavy (non-hydrogen) atoms. The molecule has 1 aromatic rings. The summed E-state index contributed by atoms with van der Waals surface area (Å²) in [7, 11) is 7.58. The van der Waals surface area contributed by atoms with E-state index in [2.05, 4.69) is 53.4 Å². The molecule has 1 aromatic heterocycles. The molecular weight excluding hydrogens is 242 g/mol. The lowest BCUT2D eigenvalue weighted by atomic mass is 9.93. The van der Waals surface area contributed by atoms with Gasteiger partial charge >= 0.3 is 0 Å². The van der Waals surface area contributed by atoms with Crippen LogP contribution in [0.2, 0.25) is 0 Å². The molecular formula is C13H25N5O.